The van der Waals surface area contributed by atoms with Crippen molar-refractivity contribution in [2.45, 2.75) is 26.7 Å². The number of hydrogen-bond acceptors (Lipinski definition) is 3. The molecule has 0 aliphatic carbocycles. The van der Waals surface area contributed by atoms with E-state index in [4.69, 9.17) is 9.47 Å². The van der Waals surface area contributed by atoms with E-state index < -0.39 is 0 Å². The number of methoxy groups -OCH3 is 2. The maximum absolute atomic E-state index is 12.0. The molecule has 18 heavy (non-hydrogen) atoms. The Morgan fingerprint density at radius 3 is 2.39 bits per heavy atom. The number of rotatable bonds is 6. The van der Waals surface area contributed by atoms with Gasteiger partial charge >= 0.3 is 0 Å². The second-order valence-corrected chi connectivity index (χ2v) is 4.07. The van der Waals surface area contributed by atoms with Crippen LogP contribution in [-0.2, 0) is 4.79 Å². The molecule has 100 valence electrons. The van der Waals surface area contributed by atoms with E-state index >= 15 is 0 Å². The first kappa shape index (κ1) is 14.4. The first-order valence-electron chi connectivity index (χ1n) is 6.19. The number of carbonyl (C=O) groups excluding carboxylic acids is 1. The second-order valence-electron chi connectivity index (χ2n) is 4.07. The molecule has 0 saturated heterocycles. The van der Waals surface area contributed by atoms with E-state index in [2.05, 4.69) is 5.32 Å². The van der Waals surface area contributed by atoms with Gasteiger partial charge in [-0.15, -0.1) is 0 Å². The summed E-state index contributed by atoms with van der Waals surface area (Å²) in [7, 11) is 3.17. The van der Waals surface area contributed by atoms with Crippen molar-refractivity contribution in [3.05, 3.63) is 18.2 Å². The molecule has 0 unspecified atom stereocenters. The Kier molecular flexibility index (Phi) is 5.49. The number of nitrogens with one attached hydrogen (secondary N) is 1. The summed E-state index contributed by atoms with van der Waals surface area (Å²) < 4.78 is 10.4. The monoisotopic (exact) mass is 251 g/mol. The first-order valence-corrected chi connectivity index (χ1v) is 6.19. The van der Waals surface area contributed by atoms with Crippen molar-refractivity contribution >= 4 is 11.6 Å². The molecular weight excluding hydrogens is 230 g/mol. The fraction of sp³-hybridized carbons (Fsp3) is 0.500. The molecule has 0 aromatic heterocycles. The van der Waals surface area contributed by atoms with E-state index in [0.717, 1.165) is 12.8 Å². The molecule has 4 nitrogen and oxygen atoms in total. The van der Waals surface area contributed by atoms with Gasteiger partial charge in [-0.2, -0.15) is 0 Å². The summed E-state index contributed by atoms with van der Waals surface area (Å²) in [4.78, 5) is 12.0. The van der Waals surface area contributed by atoms with Gasteiger partial charge < -0.3 is 14.8 Å². The van der Waals surface area contributed by atoms with E-state index in [1.54, 1.807) is 32.4 Å². The Bertz CT molecular complexity index is 400. The van der Waals surface area contributed by atoms with Gasteiger partial charge in [0.05, 0.1) is 19.9 Å². The lowest BCUT2D eigenvalue weighted by Gasteiger charge is -2.15. The van der Waals surface area contributed by atoms with Gasteiger partial charge in [0.25, 0.3) is 0 Å². The number of hydrogen-bond donors (Lipinski definition) is 1. The van der Waals surface area contributed by atoms with Crippen LogP contribution in [0.1, 0.15) is 26.7 Å². The number of anilines is 1. The number of carbonyl (C=O) groups is 1. The van der Waals surface area contributed by atoms with Gasteiger partial charge in [0.15, 0.2) is 0 Å². The van der Waals surface area contributed by atoms with Crippen LogP contribution in [-0.4, -0.2) is 20.1 Å². The highest BCUT2D eigenvalue weighted by molar-refractivity contribution is 5.94. The van der Waals surface area contributed by atoms with E-state index in [9.17, 15) is 4.79 Å². The topological polar surface area (TPSA) is 47.6 Å². The molecule has 1 aromatic carbocycles. The van der Waals surface area contributed by atoms with Crippen molar-refractivity contribution in [1.82, 2.24) is 0 Å². The van der Waals surface area contributed by atoms with E-state index in [1.165, 1.54) is 0 Å². The Morgan fingerprint density at radius 1 is 1.22 bits per heavy atom. The van der Waals surface area contributed by atoms with Crippen LogP contribution in [0.4, 0.5) is 5.69 Å². The van der Waals surface area contributed by atoms with Crippen LogP contribution in [0.15, 0.2) is 18.2 Å². The lowest BCUT2D eigenvalue weighted by Crippen LogP contribution is -2.21. The Morgan fingerprint density at radius 2 is 1.89 bits per heavy atom. The maximum Gasteiger partial charge on any atom is 0.227 e. The van der Waals surface area contributed by atoms with Gasteiger partial charge in [-0.1, -0.05) is 13.8 Å². The Labute approximate surface area is 108 Å². The maximum atomic E-state index is 12.0. The van der Waals surface area contributed by atoms with Gasteiger partial charge in [0, 0.05) is 12.0 Å². The van der Waals surface area contributed by atoms with Crippen molar-refractivity contribution < 1.29 is 14.3 Å². The highest BCUT2D eigenvalue weighted by Crippen LogP contribution is 2.29. The summed E-state index contributed by atoms with van der Waals surface area (Å²) in [5.74, 6) is 1.37. The second kappa shape index (κ2) is 6.89. The minimum Gasteiger partial charge on any atom is -0.497 e. The minimum absolute atomic E-state index is 0.0200. The lowest BCUT2D eigenvalue weighted by molar-refractivity contribution is -0.120. The van der Waals surface area contributed by atoms with Crippen LogP contribution >= 0.6 is 0 Å². The average molecular weight is 251 g/mol. The third-order valence-corrected chi connectivity index (χ3v) is 3.02. The normalized spacial score (nSPS) is 10.3. The largest absolute Gasteiger partial charge is 0.497 e. The average Bonchev–Trinajstić information content (AvgIpc) is 2.40. The highest BCUT2D eigenvalue weighted by Gasteiger charge is 2.16. The van der Waals surface area contributed by atoms with Crippen LogP contribution in [0.25, 0.3) is 0 Å². The molecule has 0 aliphatic heterocycles. The van der Waals surface area contributed by atoms with E-state index in [1.807, 2.05) is 13.8 Å². The van der Waals surface area contributed by atoms with Gasteiger partial charge in [-0.25, -0.2) is 0 Å². The van der Waals surface area contributed by atoms with E-state index in [0.29, 0.717) is 17.2 Å². The third-order valence-electron chi connectivity index (χ3n) is 3.02. The zero-order valence-corrected chi connectivity index (χ0v) is 11.4. The molecule has 1 N–H and O–H groups in total. The molecule has 0 atom stereocenters. The van der Waals surface area contributed by atoms with Crippen molar-refractivity contribution in [1.29, 1.82) is 0 Å². The summed E-state index contributed by atoms with van der Waals surface area (Å²) in [5, 5.41) is 2.89. The highest BCUT2D eigenvalue weighted by atomic mass is 16.5. The molecule has 1 amide bonds. The number of ether oxygens (including phenoxy) is 2. The molecule has 0 heterocycles. The van der Waals surface area contributed by atoms with Crippen LogP contribution in [0, 0.1) is 5.92 Å². The predicted octanol–water partition coefficient (Wildman–Crippen LogP) is 3.08. The van der Waals surface area contributed by atoms with Gasteiger partial charge in [-0.3, -0.25) is 4.79 Å². The molecule has 0 saturated carbocycles. The van der Waals surface area contributed by atoms with Crippen LogP contribution in [0.2, 0.25) is 0 Å². The smallest absolute Gasteiger partial charge is 0.227 e. The predicted molar refractivity (Wildman–Crippen MR) is 72.2 cm³/mol. The quantitative estimate of drug-likeness (QED) is 0.845. The summed E-state index contributed by atoms with van der Waals surface area (Å²) in [5.41, 5.74) is 0.647. The van der Waals surface area contributed by atoms with Crippen molar-refractivity contribution in [2.75, 3.05) is 19.5 Å². The number of benzene rings is 1. The molecule has 0 bridgehead atoms. The van der Waals surface area contributed by atoms with Crippen molar-refractivity contribution in [2.24, 2.45) is 5.92 Å². The molecule has 0 fully saturated rings. The summed E-state index contributed by atoms with van der Waals surface area (Å²) >= 11 is 0. The molecule has 0 aliphatic rings. The van der Waals surface area contributed by atoms with Crippen molar-refractivity contribution in [3.63, 3.8) is 0 Å². The van der Waals surface area contributed by atoms with Crippen LogP contribution in [0.3, 0.4) is 0 Å². The fourth-order valence-corrected chi connectivity index (χ4v) is 1.81. The summed E-state index contributed by atoms with van der Waals surface area (Å²) in [6.07, 6.45) is 1.66. The Hall–Kier alpha value is -1.71. The summed E-state index contributed by atoms with van der Waals surface area (Å²) in [6.45, 7) is 4.02. The van der Waals surface area contributed by atoms with E-state index in [-0.39, 0.29) is 11.8 Å². The van der Waals surface area contributed by atoms with Gasteiger partial charge in [0.2, 0.25) is 5.91 Å². The first-order chi connectivity index (χ1) is 8.65. The lowest BCUT2D eigenvalue weighted by atomic mass is 10.0. The fourth-order valence-electron chi connectivity index (χ4n) is 1.81. The van der Waals surface area contributed by atoms with Gasteiger partial charge in [0.1, 0.15) is 11.5 Å². The molecule has 0 radical (unpaired) electrons. The zero-order valence-electron chi connectivity index (χ0n) is 11.4. The molecule has 4 heteroatoms. The summed E-state index contributed by atoms with van der Waals surface area (Å²) in [6, 6.07) is 5.34. The molecule has 0 spiro atoms. The Balaban J connectivity index is 2.91. The minimum atomic E-state index is 0.0200. The standard InChI is InChI=1S/C14H21NO3/c1-5-10(6-2)14(16)15-12-9-11(17-3)7-8-13(12)18-4/h7-10H,5-6H2,1-4H3,(H,15,16). The SMILES string of the molecule is CCC(CC)C(=O)Nc1cc(OC)ccc1OC. The van der Waals surface area contributed by atoms with Crippen LogP contribution in [0.5, 0.6) is 11.5 Å². The van der Waals surface area contributed by atoms with Crippen LogP contribution < -0.4 is 14.8 Å². The van der Waals surface area contributed by atoms with Gasteiger partial charge in [-0.05, 0) is 25.0 Å². The van der Waals surface area contributed by atoms with Crippen molar-refractivity contribution in [3.8, 4) is 11.5 Å². The molecule has 1 rings (SSSR count). The molecule has 1 aromatic rings. The molecular formula is C14H21NO3. The third kappa shape index (κ3) is 3.39. The zero-order chi connectivity index (χ0) is 13.5. The number of amides is 1.